The van der Waals surface area contributed by atoms with E-state index in [1.165, 1.54) is 4.31 Å². The lowest BCUT2D eigenvalue weighted by Gasteiger charge is -2.38. The van der Waals surface area contributed by atoms with Crippen molar-refractivity contribution in [2.45, 2.75) is 49.5 Å². The van der Waals surface area contributed by atoms with Gasteiger partial charge in [0.05, 0.1) is 4.90 Å². The molecule has 0 radical (unpaired) electrons. The number of halogens is 1. The third kappa shape index (κ3) is 3.68. The summed E-state index contributed by atoms with van der Waals surface area (Å²) in [6.07, 6.45) is 5.49. The van der Waals surface area contributed by atoms with Crippen LogP contribution in [0, 0.1) is 0 Å². The van der Waals surface area contributed by atoms with Gasteiger partial charge in [-0.15, -0.1) is 0 Å². The van der Waals surface area contributed by atoms with Crippen LogP contribution in [0.5, 0.6) is 0 Å². The van der Waals surface area contributed by atoms with E-state index in [-0.39, 0.29) is 10.8 Å². The fourth-order valence-corrected chi connectivity index (χ4v) is 5.42. The summed E-state index contributed by atoms with van der Waals surface area (Å²) < 4.78 is 28.3. The summed E-state index contributed by atoms with van der Waals surface area (Å²) in [6, 6.07) is 6.08. The summed E-state index contributed by atoms with van der Waals surface area (Å²) in [5, 5.41) is 0. The van der Waals surface area contributed by atoms with E-state index in [0.717, 1.165) is 49.7 Å². The number of carbonyl (C=O) groups is 1. The van der Waals surface area contributed by atoms with Crippen molar-refractivity contribution in [1.29, 1.82) is 0 Å². The molecule has 0 aromatic heterocycles. The standard InChI is InChI=1S/C17H23BrN2O3S/c18-14-7-9-15(10-8-14)24(22,23)20-13-5-2-6-16(20)17(21)19-11-3-1-4-12-19/h7-10,16H,1-6,11-13H2. The monoisotopic (exact) mass is 414 g/mol. The van der Waals surface area contributed by atoms with Gasteiger partial charge in [0.2, 0.25) is 15.9 Å². The average Bonchev–Trinajstić information content (AvgIpc) is 2.62. The zero-order valence-electron chi connectivity index (χ0n) is 13.7. The second-order valence-corrected chi connectivity index (χ2v) is 9.27. The first-order valence-electron chi connectivity index (χ1n) is 8.56. The zero-order chi connectivity index (χ0) is 17.2. The molecule has 1 aromatic carbocycles. The second kappa shape index (κ2) is 7.54. The minimum Gasteiger partial charge on any atom is -0.341 e. The first-order chi connectivity index (χ1) is 11.5. The van der Waals surface area contributed by atoms with Crippen molar-refractivity contribution in [2.75, 3.05) is 19.6 Å². The lowest BCUT2D eigenvalue weighted by atomic mass is 10.0. The Kier molecular flexibility index (Phi) is 5.62. The molecule has 0 bridgehead atoms. The van der Waals surface area contributed by atoms with Gasteiger partial charge in [-0.2, -0.15) is 4.31 Å². The third-order valence-electron chi connectivity index (χ3n) is 4.83. The molecule has 2 aliphatic heterocycles. The van der Waals surface area contributed by atoms with Crippen molar-refractivity contribution in [3.8, 4) is 0 Å². The Bertz CT molecular complexity index is 684. The maximum atomic E-state index is 13.0. The fraction of sp³-hybridized carbons (Fsp3) is 0.588. The quantitative estimate of drug-likeness (QED) is 0.763. The molecule has 3 rings (SSSR count). The van der Waals surface area contributed by atoms with Gasteiger partial charge in [0.1, 0.15) is 6.04 Å². The van der Waals surface area contributed by atoms with Gasteiger partial charge in [-0.3, -0.25) is 4.79 Å². The van der Waals surface area contributed by atoms with Crippen molar-refractivity contribution in [1.82, 2.24) is 9.21 Å². The van der Waals surface area contributed by atoms with Crippen LogP contribution < -0.4 is 0 Å². The van der Waals surface area contributed by atoms with Crippen LogP contribution in [0.4, 0.5) is 0 Å². The number of hydrogen-bond acceptors (Lipinski definition) is 3. The van der Waals surface area contributed by atoms with Gasteiger partial charge in [-0.05, 0) is 56.4 Å². The van der Waals surface area contributed by atoms with Crippen LogP contribution in [0.25, 0.3) is 0 Å². The molecule has 0 saturated carbocycles. The van der Waals surface area contributed by atoms with Crippen molar-refractivity contribution >= 4 is 31.9 Å². The van der Waals surface area contributed by atoms with Gasteiger partial charge in [-0.25, -0.2) is 8.42 Å². The van der Waals surface area contributed by atoms with Crippen LogP contribution in [-0.2, 0) is 14.8 Å². The Labute approximate surface area is 152 Å². The summed E-state index contributed by atoms with van der Waals surface area (Å²) in [7, 11) is -3.65. The molecule has 2 saturated heterocycles. The van der Waals surface area contributed by atoms with Crippen LogP contribution in [0.15, 0.2) is 33.6 Å². The van der Waals surface area contributed by atoms with Gasteiger partial charge in [0, 0.05) is 24.1 Å². The number of hydrogen-bond donors (Lipinski definition) is 0. The molecule has 0 aliphatic carbocycles. The first-order valence-corrected chi connectivity index (χ1v) is 10.8. The lowest BCUT2D eigenvalue weighted by molar-refractivity contribution is -0.137. The summed E-state index contributed by atoms with van der Waals surface area (Å²) in [5.74, 6) is -0.0184. The van der Waals surface area contributed by atoms with E-state index in [1.807, 2.05) is 4.90 Å². The van der Waals surface area contributed by atoms with E-state index in [1.54, 1.807) is 24.3 Å². The number of sulfonamides is 1. The molecular formula is C17H23BrN2O3S. The highest BCUT2D eigenvalue weighted by molar-refractivity contribution is 9.10. The summed E-state index contributed by atoms with van der Waals surface area (Å²) in [6.45, 7) is 1.92. The number of rotatable bonds is 3. The third-order valence-corrected chi connectivity index (χ3v) is 7.28. The normalized spacial score (nSPS) is 23.2. The molecule has 0 spiro atoms. The number of nitrogens with zero attached hydrogens (tertiary/aromatic N) is 2. The van der Waals surface area contributed by atoms with Crippen LogP contribution in [-0.4, -0.2) is 49.2 Å². The molecule has 1 aromatic rings. The molecule has 0 N–H and O–H groups in total. The topological polar surface area (TPSA) is 57.7 Å². The number of likely N-dealkylation sites (tertiary alicyclic amines) is 1. The Balaban J connectivity index is 1.85. The second-order valence-electron chi connectivity index (χ2n) is 6.47. The van der Waals surface area contributed by atoms with E-state index in [0.29, 0.717) is 13.0 Å². The molecule has 2 fully saturated rings. The summed E-state index contributed by atoms with van der Waals surface area (Å²) in [5.41, 5.74) is 0. The summed E-state index contributed by atoms with van der Waals surface area (Å²) in [4.78, 5) is 15.0. The highest BCUT2D eigenvalue weighted by atomic mass is 79.9. The maximum absolute atomic E-state index is 13.0. The van der Waals surface area contributed by atoms with Crippen LogP contribution in [0.3, 0.4) is 0 Å². The minimum atomic E-state index is -3.65. The van der Waals surface area contributed by atoms with E-state index in [4.69, 9.17) is 0 Å². The smallest absolute Gasteiger partial charge is 0.243 e. The number of piperidine rings is 2. The Morgan fingerprint density at radius 2 is 1.58 bits per heavy atom. The predicted octanol–water partition coefficient (Wildman–Crippen LogP) is 3.00. The maximum Gasteiger partial charge on any atom is 0.243 e. The largest absolute Gasteiger partial charge is 0.341 e. The Morgan fingerprint density at radius 3 is 2.25 bits per heavy atom. The van der Waals surface area contributed by atoms with E-state index >= 15 is 0 Å². The van der Waals surface area contributed by atoms with Gasteiger partial charge in [-0.1, -0.05) is 22.4 Å². The van der Waals surface area contributed by atoms with Crippen molar-refractivity contribution in [3.05, 3.63) is 28.7 Å². The minimum absolute atomic E-state index is 0.0184. The van der Waals surface area contributed by atoms with Gasteiger partial charge >= 0.3 is 0 Å². The molecule has 5 nitrogen and oxygen atoms in total. The van der Waals surface area contributed by atoms with Gasteiger partial charge < -0.3 is 4.90 Å². The number of benzene rings is 1. The van der Waals surface area contributed by atoms with Crippen LogP contribution in [0.1, 0.15) is 38.5 Å². The highest BCUT2D eigenvalue weighted by Crippen LogP contribution is 2.28. The molecular weight excluding hydrogens is 392 g/mol. The van der Waals surface area contributed by atoms with Gasteiger partial charge in [0.15, 0.2) is 0 Å². The van der Waals surface area contributed by atoms with Gasteiger partial charge in [0.25, 0.3) is 0 Å². The zero-order valence-corrected chi connectivity index (χ0v) is 16.1. The van der Waals surface area contributed by atoms with Crippen molar-refractivity contribution in [2.24, 2.45) is 0 Å². The fourth-order valence-electron chi connectivity index (χ4n) is 3.51. The molecule has 2 aliphatic rings. The number of carbonyl (C=O) groups excluding carboxylic acids is 1. The molecule has 24 heavy (non-hydrogen) atoms. The predicted molar refractivity (Wildman–Crippen MR) is 96.1 cm³/mol. The van der Waals surface area contributed by atoms with E-state index in [9.17, 15) is 13.2 Å². The average molecular weight is 415 g/mol. The van der Waals surface area contributed by atoms with Crippen molar-refractivity contribution < 1.29 is 13.2 Å². The molecule has 1 atom stereocenters. The van der Waals surface area contributed by atoms with Crippen LogP contribution in [0.2, 0.25) is 0 Å². The highest BCUT2D eigenvalue weighted by Gasteiger charge is 2.39. The Morgan fingerprint density at radius 1 is 0.958 bits per heavy atom. The molecule has 7 heteroatoms. The molecule has 2 heterocycles. The van der Waals surface area contributed by atoms with E-state index in [2.05, 4.69) is 15.9 Å². The van der Waals surface area contributed by atoms with Crippen LogP contribution >= 0.6 is 15.9 Å². The summed E-state index contributed by atoms with van der Waals surface area (Å²) >= 11 is 3.33. The Hall–Kier alpha value is -0.920. The molecule has 1 amide bonds. The van der Waals surface area contributed by atoms with E-state index < -0.39 is 16.1 Å². The SMILES string of the molecule is O=C(C1CCCCN1S(=O)(=O)c1ccc(Br)cc1)N1CCCCC1. The number of amides is 1. The lowest BCUT2D eigenvalue weighted by Crippen LogP contribution is -2.53. The van der Waals surface area contributed by atoms with Crippen molar-refractivity contribution in [3.63, 3.8) is 0 Å². The molecule has 1 unspecified atom stereocenters. The first kappa shape index (κ1) is 17.9. The molecule has 132 valence electrons.